The van der Waals surface area contributed by atoms with E-state index in [0.29, 0.717) is 30.5 Å². The number of carbonyl (C=O) groups excluding carboxylic acids is 1. The minimum atomic E-state index is 0.0270. The van der Waals surface area contributed by atoms with Crippen LogP contribution in [0.15, 0.2) is 0 Å². The summed E-state index contributed by atoms with van der Waals surface area (Å²) in [5.74, 6) is 1.21. The monoisotopic (exact) mass is 294 g/mol. The Morgan fingerprint density at radius 1 is 1.00 bits per heavy atom. The number of epoxide rings is 1. The van der Waals surface area contributed by atoms with Gasteiger partial charge in [-0.2, -0.15) is 0 Å². The molecule has 120 valence electrons. The minimum absolute atomic E-state index is 0.0270. The molecule has 3 heteroatoms. The maximum absolute atomic E-state index is 12.1. The lowest BCUT2D eigenvalue weighted by Gasteiger charge is -2.29. The van der Waals surface area contributed by atoms with Gasteiger partial charge in [-0.05, 0) is 31.6 Å². The Bertz CT molecular complexity index is 354. The minimum Gasteiger partial charge on any atom is -0.462 e. The quantitative estimate of drug-likeness (QED) is 0.536. The van der Waals surface area contributed by atoms with Crippen LogP contribution in [0.2, 0.25) is 0 Å². The number of carbonyl (C=O) groups is 1. The fraction of sp³-hybridized carbons (Fsp3) is 0.944. The Morgan fingerprint density at radius 2 is 1.71 bits per heavy atom. The second kappa shape index (κ2) is 7.13. The number of fused-ring (bicyclic) bond motifs is 3. The van der Waals surface area contributed by atoms with Gasteiger partial charge in [0.1, 0.15) is 6.10 Å². The Kier molecular flexibility index (Phi) is 5.20. The molecule has 2 aliphatic heterocycles. The molecule has 0 bridgehead atoms. The van der Waals surface area contributed by atoms with Crippen molar-refractivity contribution in [1.29, 1.82) is 0 Å². The molecule has 1 aliphatic carbocycles. The molecule has 3 nitrogen and oxygen atoms in total. The molecule has 3 fully saturated rings. The predicted octanol–water partition coefficient (Wildman–Crippen LogP) is 4.24. The largest absolute Gasteiger partial charge is 0.462 e. The highest BCUT2D eigenvalue weighted by Gasteiger charge is 2.57. The summed E-state index contributed by atoms with van der Waals surface area (Å²) in [7, 11) is 0. The van der Waals surface area contributed by atoms with Gasteiger partial charge in [-0.3, -0.25) is 4.79 Å². The zero-order chi connectivity index (χ0) is 14.7. The fourth-order valence-corrected chi connectivity index (χ4v) is 4.45. The van der Waals surface area contributed by atoms with Crippen molar-refractivity contribution in [2.24, 2.45) is 11.8 Å². The zero-order valence-corrected chi connectivity index (χ0v) is 13.4. The first kappa shape index (κ1) is 15.3. The van der Waals surface area contributed by atoms with Gasteiger partial charge in [0.25, 0.3) is 0 Å². The number of esters is 1. The lowest BCUT2D eigenvalue weighted by molar-refractivity contribution is -0.154. The summed E-state index contributed by atoms with van der Waals surface area (Å²) < 4.78 is 11.6. The smallest absolute Gasteiger partial charge is 0.306 e. The second-order valence-electron chi connectivity index (χ2n) is 7.15. The van der Waals surface area contributed by atoms with Crippen LogP contribution in [0.3, 0.4) is 0 Å². The Hall–Kier alpha value is -0.570. The molecule has 2 heterocycles. The van der Waals surface area contributed by atoms with Crippen molar-refractivity contribution >= 4 is 5.97 Å². The van der Waals surface area contributed by atoms with Crippen LogP contribution in [0, 0.1) is 11.8 Å². The van der Waals surface area contributed by atoms with Gasteiger partial charge in [0.15, 0.2) is 0 Å². The van der Waals surface area contributed by atoms with Gasteiger partial charge in [0.05, 0.1) is 12.2 Å². The topological polar surface area (TPSA) is 38.8 Å². The molecule has 1 saturated carbocycles. The summed E-state index contributed by atoms with van der Waals surface area (Å²) in [5, 5.41) is 0. The van der Waals surface area contributed by atoms with Crippen molar-refractivity contribution < 1.29 is 14.3 Å². The van der Waals surface area contributed by atoms with E-state index in [4.69, 9.17) is 9.47 Å². The summed E-state index contributed by atoms with van der Waals surface area (Å²) in [5.41, 5.74) is 0. The molecule has 0 aromatic carbocycles. The molecule has 3 aliphatic rings. The van der Waals surface area contributed by atoms with E-state index in [1.165, 1.54) is 44.9 Å². The molecule has 2 saturated heterocycles. The van der Waals surface area contributed by atoms with Gasteiger partial charge in [-0.15, -0.1) is 0 Å². The standard InChI is InChI=1S/C18H30O3/c1-2-15-14-12-16-18(21-16)13(14)10-8-6-4-3-5-7-9-11-17(19)20-15/h13-16,18H,2-12H2,1H3/t13-,14+,15?,16-,18+/m0/s1. The van der Waals surface area contributed by atoms with E-state index in [1.807, 2.05) is 0 Å². The van der Waals surface area contributed by atoms with E-state index in [9.17, 15) is 4.79 Å². The highest BCUT2D eigenvalue weighted by Crippen LogP contribution is 2.51. The van der Waals surface area contributed by atoms with Crippen LogP contribution < -0.4 is 0 Å². The third-order valence-corrected chi connectivity index (χ3v) is 5.68. The zero-order valence-electron chi connectivity index (χ0n) is 13.4. The van der Waals surface area contributed by atoms with E-state index in [2.05, 4.69) is 6.92 Å². The SMILES string of the molecule is CCC1OC(=O)CCCCCCCCC[C@@H]2[C@H]3O[C@H]3C[C@@H]12. The summed E-state index contributed by atoms with van der Waals surface area (Å²) in [6, 6.07) is 0. The maximum atomic E-state index is 12.1. The van der Waals surface area contributed by atoms with Crippen molar-refractivity contribution in [1.82, 2.24) is 0 Å². The predicted molar refractivity (Wildman–Crippen MR) is 82.0 cm³/mol. The molecule has 21 heavy (non-hydrogen) atoms. The van der Waals surface area contributed by atoms with Gasteiger partial charge < -0.3 is 9.47 Å². The number of rotatable bonds is 1. The van der Waals surface area contributed by atoms with E-state index in [-0.39, 0.29) is 12.1 Å². The number of ether oxygens (including phenoxy) is 2. The van der Waals surface area contributed by atoms with Crippen molar-refractivity contribution in [3.05, 3.63) is 0 Å². The molecule has 0 radical (unpaired) electrons. The van der Waals surface area contributed by atoms with Crippen LogP contribution in [-0.4, -0.2) is 24.3 Å². The first-order valence-corrected chi connectivity index (χ1v) is 9.14. The first-order valence-electron chi connectivity index (χ1n) is 9.14. The van der Waals surface area contributed by atoms with E-state index in [0.717, 1.165) is 19.3 Å². The van der Waals surface area contributed by atoms with Crippen molar-refractivity contribution in [2.45, 2.75) is 95.9 Å². The van der Waals surface area contributed by atoms with Gasteiger partial charge in [0, 0.05) is 12.3 Å². The van der Waals surface area contributed by atoms with Crippen LogP contribution in [0.1, 0.15) is 77.6 Å². The third-order valence-electron chi connectivity index (χ3n) is 5.68. The van der Waals surface area contributed by atoms with Crippen molar-refractivity contribution in [3.8, 4) is 0 Å². The average molecular weight is 294 g/mol. The maximum Gasteiger partial charge on any atom is 0.306 e. The fourth-order valence-electron chi connectivity index (χ4n) is 4.45. The van der Waals surface area contributed by atoms with Crippen LogP contribution in [0.4, 0.5) is 0 Å². The summed E-state index contributed by atoms with van der Waals surface area (Å²) in [6.45, 7) is 2.16. The Labute approximate surface area is 128 Å². The van der Waals surface area contributed by atoms with Gasteiger partial charge in [-0.1, -0.05) is 45.4 Å². The van der Waals surface area contributed by atoms with Crippen LogP contribution in [0.25, 0.3) is 0 Å². The van der Waals surface area contributed by atoms with E-state index < -0.39 is 0 Å². The van der Waals surface area contributed by atoms with Crippen molar-refractivity contribution in [3.63, 3.8) is 0 Å². The molecule has 0 spiro atoms. The van der Waals surface area contributed by atoms with Crippen LogP contribution in [0.5, 0.6) is 0 Å². The number of cyclic esters (lactones) is 1. The molecular formula is C18H30O3. The lowest BCUT2D eigenvalue weighted by atomic mass is 9.84. The summed E-state index contributed by atoms with van der Waals surface area (Å²) in [4.78, 5) is 12.1. The Balaban J connectivity index is 1.63. The highest BCUT2D eigenvalue weighted by atomic mass is 16.6. The van der Waals surface area contributed by atoms with Crippen LogP contribution in [-0.2, 0) is 14.3 Å². The molecule has 0 aromatic heterocycles. The lowest BCUT2D eigenvalue weighted by Crippen LogP contribution is -2.31. The van der Waals surface area contributed by atoms with E-state index >= 15 is 0 Å². The summed E-state index contributed by atoms with van der Waals surface area (Å²) >= 11 is 0. The van der Waals surface area contributed by atoms with Crippen LogP contribution >= 0.6 is 0 Å². The Morgan fingerprint density at radius 3 is 2.48 bits per heavy atom. The first-order chi connectivity index (χ1) is 10.3. The van der Waals surface area contributed by atoms with Gasteiger partial charge in [-0.25, -0.2) is 0 Å². The number of hydrogen-bond acceptors (Lipinski definition) is 3. The highest BCUT2D eigenvalue weighted by molar-refractivity contribution is 5.69. The molecule has 0 amide bonds. The second-order valence-corrected chi connectivity index (χ2v) is 7.15. The molecule has 5 atom stereocenters. The van der Waals surface area contributed by atoms with Crippen molar-refractivity contribution in [2.75, 3.05) is 0 Å². The van der Waals surface area contributed by atoms with Gasteiger partial charge >= 0.3 is 5.97 Å². The number of hydrogen-bond donors (Lipinski definition) is 0. The molecule has 1 unspecified atom stereocenters. The third kappa shape index (κ3) is 3.80. The summed E-state index contributed by atoms with van der Waals surface area (Å²) in [6.07, 6.45) is 13.8. The molecule has 3 rings (SSSR count). The molecule has 0 N–H and O–H groups in total. The average Bonchev–Trinajstić information content (AvgIpc) is 3.16. The normalized spacial score (nSPS) is 41.6. The van der Waals surface area contributed by atoms with Gasteiger partial charge in [0.2, 0.25) is 0 Å². The van der Waals surface area contributed by atoms with E-state index in [1.54, 1.807) is 0 Å². The molecular weight excluding hydrogens is 264 g/mol. The molecule has 0 aromatic rings.